The van der Waals surface area contributed by atoms with Crippen LogP contribution in [-0.4, -0.2) is 11.3 Å². The molecule has 0 amide bonds. The highest BCUT2D eigenvalue weighted by Gasteiger charge is 2.12. The van der Waals surface area contributed by atoms with Gasteiger partial charge in [0, 0.05) is 33.6 Å². The molecule has 1 aromatic heterocycles. The molecule has 0 aliphatic heterocycles. The summed E-state index contributed by atoms with van der Waals surface area (Å²) in [5.41, 5.74) is 1.22. The molecule has 17 heavy (non-hydrogen) atoms. The summed E-state index contributed by atoms with van der Waals surface area (Å²) in [4.78, 5) is 14.5. The molecular formula is C12H6BrClFNO. The first kappa shape index (κ1) is 12.2. The molecule has 0 saturated heterocycles. The smallest absolute Gasteiger partial charge is 0.151 e. The summed E-state index contributed by atoms with van der Waals surface area (Å²) in [5.74, 6) is -0.536. The number of carbonyl (C=O) groups is 1. The SMILES string of the molecule is O=Cc1cncc(-c2ccc(Br)c(Cl)c2F)c1. The average Bonchev–Trinajstić information content (AvgIpc) is 2.36. The quantitative estimate of drug-likeness (QED) is 0.616. The van der Waals surface area contributed by atoms with Crippen LogP contribution >= 0.6 is 27.5 Å². The van der Waals surface area contributed by atoms with Crippen LogP contribution in [0.3, 0.4) is 0 Å². The molecule has 2 rings (SSSR count). The molecule has 0 bridgehead atoms. The number of pyridine rings is 1. The number of hydrogen-bond donors (Lipinski definition) is 0. The summed E-state index contributed by atoms with van der Waals surface area (Å²) in [6.07, 6.45) is 3.55. The van der Waals surface area contributed by atoms with Gasteiger partial charge in [0.05, 0.1) is 5.02 Å². The molecule has 0 saturated carbocycles. The second-order valence-electron chi connectivity index (χ2n) is 3.35. The Kier molecular flexibility index (Phi) is 3.54. The van der Waals surface area contributed by atoms with Crippen molar-refractivity contribution >= 4 is 33.8 Å². The van der Waals surface area contributed by atoms with Crippen LogP contribution in [0.5, 0.6) is 0 Å². The number of aldehydes is 1. The summed E-state index contributed by atoms with van der Waals surface area (Å²) < 4.78 is 14.4. The first-order chi connectivity index (χ1) is 8.13. The monoisotopic (exact) mass is 313 g/mol. The Morgan fingerprint density at radius 2 is 2.12 bits per heavy atom. The summed E-state index contributed by atoms with van der Waals surface area (Å²) in [5, 5.41) is 0.0130. The molecular weight excluding hydrogens is 308 g/mol. The van der Waals surface area contributed by atoms with Crippen LogP contribution in [0.2, 0.25) is 5.02 Å². The van der Waals surface area contributed by atoms with E-state index < -0.39 is 5.82 Å². The van der Waals surface area contributed by atoms with Crippen molar-refractivity contribution in [1.82, 2.24) is 4.98 Å². The van der Waals surface area contributed by atoms with Crippen molar-refractivity contribution in [3.8, 4) is 11.1 Å². The predicted octanol–water partition coefficient (Wildman–Crippen LogP) is 4.12. The van der Waals surface area contributed by atoms with E-state index >= 15 is 0 Å². The summed E-state index contributed by atoms with van der Waals surface area (Å²) in [6, 6.07) is 4.79. The molecule has 0 radical (unpaired) electrons. The Hall–Kier alpha value is -1.26. The summed E-state index contributed by atoms with van der Waals surface area (Å²) >= 11 is 8.93. The van der Waals surface area contributed by atoms with Gasteiger partial charge in [0.15, 0.2) is 12.1 Å². The lowest BCUT2D eigenvalue weighted by atomic mass is 10.1. The van der Waals surface area contributed by atoms with E-state index in [1.807, 2.05) is 0 Å². The molecule has 1 aromatic carbocycles. The lowest BCUT2D eigenvalue weighted by Crippen LogP contribution is -1.90. The van der Waals surface area contributed by atoms with Crippen molar-refractivity contribution in [3.05, 3.63) is 51.5 Å². The second-order valence-corrected chi connectivity index (χ2v) is 4.58. The van der Waals surface area contributed by atoms with Crippen LogP contribution in [0.1, 0.15) is 10.4 Å². The van der Waals surface area contributed by atoms with E-state index in [2.05, 4.69) is 20.9 Å². The number of aromatic nitrogens is 1. The van der Waals surface area contributed by atoms with E-state index in [9.17, 15) is 9.18 Å². The van der Waals surface area contributed by atoms with Crippen molar-refractivity contribution < 1.29 is 9.18 Å². The van der Waals surface area contributed by atoms with Crippen LogP contribution in [0, 0.1) is 5.82 Å². The Morgan fingerprint density at radius 3 is 2.82 bits per heavy atom. The molecule has 2 aromatic rings. The van der Waals surface area contributed by atoms with E-state index in [4.69, 9.17) is 11.6 Å². The minimum Gasteiger partial charge on any atom is -0.298 e. The predicted molar refractivity (Wildman–Crippen MR) is 67.7 cm³/mol. The van der Waals surface area contributed by atoms with Crippen molar-refractivity contribution in [1.29, 1.82) is 0 Å². The maximum absolute atomic E-state index is 13.9. The molecule has 1 heterocycles. The fourth-order valence-corrected chi connectivity index (χ4v) is 1.89. The van der Waals surface area contributed by atoms with Gasteiger partial charge in [-0.05, 0) is 28.1 Å². The zero-order valence-corrected chi connectivity index (χ0v) is 10.8. The summed E-state index contributed by atoms with van der Waals surface area (Å²) in [7, 11) is 0. The zero-order chi connectivity index (χ0) is 12.4. The third-order valence-electron chi connectivity index (χ3n) is 2.24. The van der Waals surface area contributed by atoms with Crippen LogP contribution in [-0.2, 0) is 0 Å². The molecule has 0 fully saturated rings. The number of hydrogen-bond acceptors (Lipinski definition) is 2. The van der Waals surface area contributed by atoms with Gasteiger partial charge in [0.25, 0.3) is 0 Å². The van der Waals surface area contributed by atoms with Gasteiger partial charge in [0.1, 0.15) is 0 Å². The first-order valence-corrected chi connectivity index (χ1v) is 5.84. The normalized spacial score (nSPS) is 10.3. The third-order valence-corrected chi connectivity index (χ3v) is 3.50. The molecule has 0 atom stereocenters. The van der Waals surface area contributed by atoms with Crippen LogP contribution in [0.15, 0.2) is 35.1 Å². The minimum atomic E-state index is -0.536. The molecule has 0 spiro atoms. The highest BCUT2D eigenvalue weighted by atomic mass is 79.9. The largest absolute Gasteiger partial charge is 0.298 e. The van der Waals surface area contributed by atoms with Crippen molar-refractivity contribution in [3.63, 3.8) is 0 Å². The highest BCUT2D eigenvalue weighted by molar-refractivity contribution is 9.10. The first-order valence-electron chi connectivity index (χ1n) is 4.67. The molecule has 0 unspecified atom stereocenters. The maximum atomic E-state index is 13.9. The minimum absolute atomic E-state index is 0.0130. The van der Waals surface area contributed by atoms with Gasteiger partial charge in [-0.3, -0.25) is 9.78 Å². The van der Waals surface area contributed by atoms with Crippen LogP contribution in [0.25, 0.3) is 11.1 Å². The number of carbonyl (C=O) groups excluding carboxylic acids is 1. The van der Waals surface area contributed by atoms with Gasteiger partial charge < -0.3 is 0 Å². The van der Waals surface area contributed by atoms with E-state index in [-0.39, 0.29) is 5.02 Å². The van der Waals surface area contributed by atoms with Gasteiger partial charge in [-0.2, -0.15) is 0 Å². The average molecular weight is 315 g/mol. The maximum Gasteiger partial charge on any atom is 0.151 e. The van der Waals surface area contributed by atoms with Crippen molar-refractivity contribution in [2.75, 3.05) is 0 Å². The standard InChI is InChI=1S/C12H6BrClFNO/c13-10-2-1-9(12(15)11(10)14)8-3-7(6-17)4-16-5-8/h1-6H. The molecule has 5 heteroatoms. The van der Waals surface area contributed by atoms with Gasteiger partial charge in [-0.25, -0.2) is 4.39 Å². The third kappa shape index (κ3) is 2.37. The Balaban J connectivity index is 2.60. The van der Waals surface area contributed by atoms with E-state index in [1.54, 1.807) is 18.2 Å². The molecule has 2 nitrogen and oxygen atoms in total. The number of rotatable bonds is 2. The van der Waals surface area contributed by atoms with E-state index in [0.29, 0.717) is 27.4 Å². The van der Waals surface area contributed by atoms with E-state index in [0.717, 1.165) is 0 Å². The van der Waals surface area contributed by atoms with Crippen LogP contribution in [0.4, 0.5) is 4.39 Å². The topological polar surface area (TPSA) is 30.0 Å². The lowest BCUT2D eigenvalue weighted by molar-refractivity contribution is 0.112. The molecule has 0 N–H and O–H groups in total. The molecule has 0 aliphatic rings. The van der Waals surface area contributed by atoms with Gasteiger partial charge >= 0.3 is 0 Å². The van der Waals surface area contributed by atoms with Crippen molar-refractivity contribution in [2.24, 2.45) is 0 Å². The number of benzene rings is 1. The fraction of sp³-hybridized carbons (Fsp3) is 0. The lowest BCUT2D eigenvalue weighted by Gasteiger charge is -2.06. The Bertz CT molecular complexity index is 589. The molecule has 86 valence electrons. The van der Waals surface area contributed by atoms with Gasteiger partial charge in [-0.15, -0.1) is 0 Å². The Morgan fingerprint density at radius 1 is 1.35 bits per heavy atom. The Labute approximate surface area is 111 Å². The number of halogens is 3. The van der Waals surface area contributed by atoms with Gasteiger partial charge in [0.2, 0.25) is 0 Å². The highest BCUT2D eigenvalue weighted by Crippen LogP contribution is 2.32. The van der Waals surface area contributed by atoms with E-state index in [1.165, 1.54) is 12.4 Å². The molecule has 0 aliphatic carbocycles. The van der Waals surface area contributed by atoms with Crippen LogP contribution < -0.4 is 0 Å². The van der Waals surface area contributed by atoms with Crippen molar-refractivity contribution in [2.45, 2.75) is 0 Å². The number of nitrogens with zero attached hydrogens (tertiary/aromatic N) is 1. The van der Waals surface area contributed by atoms with Gasteiger partial charge in [-0.1, -0.05) is 17.7 Å². The zero-order valence-electron chi connectivity index (χ0n) is 8.45. The fourth-order valence-electron chi connectivity index (χ4n) is 1.42. The summed E-state index contributed by atoms with van der Waals surface area (Å²) in [6.45, 7) is 0. The second kappa shape index (κ2) is 4.94.